The maximum Gasteiger partial charge on any atom is 0.169 e. The lowest BCUT2D eigenvalue weighted by atomic mass is 9.60. The van der Waals surface area contributed by atoms with Gasteiger partial charge in [-0.05, 0) is 72.3 Å². The predicted molar refractivity (Wildman–Crippen MR) is 124 cm³/mol. The standard InChI is InChI=1S/C27H44O3/c1-18(2)8-6-9-19(3)23-13-14-24-21(10-7-15-26(23,24)5)11-12-22-16-27(29,30)17-25(28)20(22)4/h11-12,18-19,23-25,28-30H,4,6-10,13-17H2,1-3,5H3/b21-11?,22-12-/t19-,23-,24?,25-,26-/m1/s1. The fraction of sp³-hybridized carbons (Fsp3) is 0.778. The van der Waals surface area contributed by atoms with Crippen molar-refractivity contribution in [3.05, 3.63) is 35.5 Å². The van der Waals surface area contributed by atoms with Gasteiger partial charge in [0.05, 0.1) is 6.10 Å². The monoisotopic (exact) mass is 416 g/mol. The molecule has 0 saturated heterocycles. The molecule has 3 heteroatoms. The van der Waals surface area contributed by atoms with Crippen LogP contribution in [-0.4, -0.2) is 27.2 Å². The minimum absolute atomic E-state index is 0.0587. The molecule has 0 aromatic rings. The lowest BCUT2D eigenvalue weighted by Gasteiger charge is -2.44. The van der Waals surface area contributed by atoms with Gasteiger partial charge in [-0.1, -0.05) is 71.3 Å². The highest BCUT2D eigenvalue weighted by Gasteiger charge is 2.50. The SMILES string of the molecule is C=C1/C(=C\C=C2CCC[C@@]3(C)C2CC[C@@H]3[C@H](C)CCCC(C)C)CC(O)(O)C[C@H]1O. The Kier molecular flexibility index (Phi) is 7.37. The van der Waals surface area contributed by atoms with Gasteiger partial charge in [-0.15, -0.1) is 0 Å². The first-order chi connectivity index (χ1) is 14.0. The number of hydrogen-bond donors (Lipinski definition) is 3. The number of rotatable bonds is 6. The van der Waals surface area contributed by atoms with Crippen molar-refractivity contribution in [3.8, 4) is 0 Å². The second-order valence-electron chi connectivity index (χ2n) is 11.2. The van der Waals surface area contributed by atoms with Gasteiger partial charge in [-0.3, -0.25) is 0 Å². The first kappa shape index (κ1) is 23.8. The van der Waals surface area contributed by atoms with Gasteiger partial charge >= 0.3 is 0 Å². The maximum atomic E-state index is 10.1. The summed E-state index contributed by atoms with van der Waals surface area (Å²) in [5.41, 5.74) is 3.31. The fourth-order valence-corrected chi connectivity index (χ4v) is 6.77. The van der Waals surface area contributed by atoms with E-state index in [4.69, 9.17) is 0 Å². The molecule has 170 valence electrons. The summed E-state index contributed by atoms with van der Waals surface area (Å²) in [5, 5.41) is 30.2. The maximum absolute atomic E-state index is 10.1. The third-order valence-corrected chi connectivity index (χ3v) is 8.47. The summed E-state index contributed by atoms with van der Waals surface area (Å²) in [4.78, 5) is 0. The van der Waals surface area contributed by atoms with Gasteiger partial charge in [0, 0.05) is 12.8 Å². The molecular formula is C27H44O3. The van der Waals surface area contributed by atoms with Crippen LogP contribution >= 0.6 is 0 Å². The van der Waals surface area contributed by atoms with E-state index in [1.54, 1.807) is 0 Å². The van der Waals surface area contributed by atoms with Crippen LogP contribution in [0.5, 0.6) is 0 Å². The normalized spacial score (nSPS) is 37.7. The molecule has 3 aliphatic rings. The van der Waals surface area contributed by atoms with Crippen LogP contribution < -0.4 is 0 Å². The van der Waals surface area contributed by atoms with Gasteiger partial charge in [0.15, 0.2) is 5.79 Å². The van der Waals surface area contributed by atoms with Crippen LogP contribution in [-0.2, 0) is 0 Å². The van der Waals surface area contributed by atoms with E-state index in [0.717, 1.165) is 29.7 Å². The summed E-state index contributed by atoms with van der Waals surface area (Å²) in [7, 11) is 0. The third kappa shape index (κ3) is 5.11. The summed E-state index contributed by atoms with van der Waals surface area (Å²) >= 11 is 0. The van der Waals surface area contributed by atoms with Crippen LogP contribution in [0.1, 0.15) is 91.9 Å². The van der Waals surface area contributed by atoms with Crippen molar-refractivity contribution in [2.45, 2.75) is 104 Å². The van der Waals surface area contributed by atoms with E-state index < -0.39 is 11.9 Å². The zero-order valence-electron chi connectivity index (χ0n) is 19.7. The van der Waals surface area contributed by atoms with Crippen molar-refractivity contribution >= 4 is 0 Å². The van der Waals surface area contributed by atoms with Gasteiger partial charge < -0.3 is 15.3 Å². The quantitative estimate of drug-likeness (QED) is 0.472. The minimum Gasteiger partial charge on any atom is -0.388 e. The Bertz CT molecular complexity index is 686. The summed E-state index contributed by atoms with van der Waals surface area (Å²) in [6.45, 7) is 13.6. The lowest BCUT2D eigenvalue weighted by Crippen LogP contribution is -2.39. The minimum atomic E-state index is -1.84. The second-order valence-corrected chi connectivity index (χ2v) is 11.2. The number of aliphatic hydroxyl groups is 3. The highest BCUT2D eigenvalue weighted by atomic mass is 16.5. The van der Waals surface area contributed by atoms with E-state index in [9.17, 15) is 15.3 Å². The average molecular weight is 417 g/mol. The van der Waals surface area contributed by atoms with Gasteiger partial charge in [0.2, 0.25) is 0 Å². The van der Waals surface area contributed by atoms with E-state index in [2.05, 4.69) is 40.3 Å². The molecule has 0 radical (unpaired) electrons. The van der Waals surface area contributed by atoms with Crippen molar-refractivity contribution in [1.29, 1.82) is 0 Å². The predicted octanol–water partition coefficient (Wildman–Crippen LogP) is 5.91. The fourth-order valence-electron chi connectivity index (χ4n) is 6.77. The molecule has 3 fully saturated rings. The molecule has 3 rings (SSSR count). The summed E-state index contributed by atoms with van der Waals surface area (Å²) in [6, 6.07) is 0. The van der Waals surface area contributed by atoms with Gasteiger partial charge in [-0.25, -0.2) is 0 Å². The molecule has 0 amide bonds. The van der Waals surface area contributed by atoms with Crippen molar-refractivity contribution < 1.29 is 15.3 Å². The Hall–Kier alpha value is -0.900. The highest BCUT2D eigenvalue weighted by Crippen LogP contribution is 2.60. The molecule has 0 aliphatic heterocycles. The smallest absolute Gasteiger partial charge is 0.169 e. The molecule has 0 spiro atoms. The van der Waals surface area contributed by atoms with Gasteiger partial charge in [-0.2, -0.15) is 0 Å². The zero-order chi connectivity index (χ0) is 22.1. The topological polar surface area (TPSA) is 60.7 Å². The molecule has 1 unspecified atom stereocenters. The van der Waals surface area contributed by atoms with Crippen LogP contribution in [0.2, 0.25) is 0 Å². The first-order valence-corrected chi connectivity index (χ1v) is 12.2. The van der Waals surface area contributed by atoms with E-state index in [0.29, 0.717) is 16.9 Å². The zero-order valence-corrected chi connectivity index (χ0v) is 19.7. The van der Waals surface area contributed by atoms with Gasteiger partial charge in [0.25, 0.3) is 0 Å². The summed E-state index contributed by atoms with van der Waals surface area (Å²) in [5.74, 6) is 1.19. The van der Waals surface area contributed by atoms with Crippen LogP contribution in [0.15, 0.2) is 35.5 Å². The highest BCUT2D eigenvalue weighted by molar-refractivity contribution is 5.39. The van der Waals surface area contributed by atoms with Crippen molar-refractivity contribution in [1.82, 2.24) is 0 Å². The van der Waals surface area contributed by atoms with Crippen LogP contribution in [0.3, 0.4) is 0 Å². The molecule has 0 aromatic carbocycles. The molecule has 3 aliphatic carbocycles. The number of allylic oxidation sites excluding steroid dienone is 3. The van der Waals surface area contributed by atoms with Gasteiger partial charge in [0.1, 0.15) is 0 Å². The van der Waals surface area contributed by atoms with Crippen LogP contribution in [0.4, 0.5) is 0 Å². The number of hydrogen-bond acceptors (Lipinski definition) is 3. The number of aliphatic hydroxyl groups excluding tert-OH is 1. The summed E-state index contributed by atoms with van der Waals surface area (Å²) < 4.78 is 0. The number of fused-ring (bicyclic) bond motifs is 1. The first-order valence-electron chi connectivity index (χ1n) is 12.2. The molecule has 3 N–H and O–H groups in total. The Labute approximate surface area is 184 Å². The summed E-state index contributed by atoms with van der Waals surface area (Å²) in [6.07, 6.45) is 13.8. The molecule has 0 heterocycles. The third-order valence-electron chi connectivity index (χ3n) is 8.47. The van der Waals surface area contributed by atoms with E-state index >= 15 is 0 Å². The van der Waals surface area contributed by atoms with E-state index in [1.165, 1.54) is 50.5 Å². The van der Waals surface area contributed by atoms with Crippen molar-refractivity contribution in [2.24, 2.45) is 29.1 Å². The molecular weight excluding hydrogens is 372 g/mol. The second kappa shape index (κ2) is 9.30. The van der Waals surface area contributed by atoms with Crippen LogP contribution in [0.25, 0.3) is 0 Å². The van der Waals surface area contributed by atoms with Crippen LogP contribution in [0, 0.1) is 29.1 Å². The Balaban J connectivity index is 1.74. The average Bonchev–Trinajstić information content (AvgIpc) is 3.00. The Morgan fingerprint density at radius 1 is 1.13 bits per heavy atom. The lowest BCUT2D eigenvalue weighted by molar-refractivity contribution is -0.181. The Morgan fingerprint density at radius 2 is 1.87 bits per heavy atom. The molecule has 0 aromatic heterocycles. The Morgan fingerprint density at radius 3 is 2.57 bits per heavy atom. The van der Waals surface area contributed by atoms with E-state index in [1.807, 2.05) is 6.08 Å². The largest absolute Gasteiger partial charge is 0.388 e. The molecule has 3 saturated carbocycles. The molecule has 0 bridgehead atoms. The van der Waals surface area contributed by atoms with E-state index in [-0.39, 0.29) is 12.8 Å². The molecule has 5 atom stereocenters. The molecule has 30 heavy (non-hydrogen) atoms. The van der Waals surface area contributed by atoms with Crippen molar-refractivity contribution in [3.63, 3.8) is 0 Å². The van der Waals surface area contributed by atoms with Crippen molar-refractivity contribution in [2.75, 3.05) is 0 Å². The molecule has 3 nitrogen and oxygen atoms in total.